The van der Waals surface area contributed by atoms with Crippen LogP contribution in [0.25, 0.3) is 0 Å². The first-order valence-electron chi connectivity index (χ1n) is 7.61. The molecule has 21 heavy (non-hydrogen) atoms. The number of anilines is 1. The molecular weight excluding hydrogens is 284 g/mol. The fourth-order valence-corrected chi connectivity index (χ4v) is 4.55. The molecule has 0 radical (unpaired) electrons. The fraction of sp³-hybridized carbons (Fsp3) is 0.625. The van der Waals surface area contributed by atoms with E-state index in [1.54, 1.807) is 0 Å². The number of benzene rings is 1. The van der Waals surface area contributed by atoms with Crippen LogP contribution in [0.5, 0.6) is 0 Å². The van der Waals surface area contributed by atoms with Gasteiger partial charge in [-0.25, -0.2) is 8.42 Å². The summed E-state index contributed by atoms with van der Waals surface area (Å²) in [6.07, 6.45) is 0.729. The molecule has 0 amide bonds. The van der Waals surface area contributed by atoms with E-state index in [0.717, 1.165) is 25.2 Å². The van der Waals surface area contributed by atoms with Gasteiger partial charge in [0.1, 0.15) is 0 Å². The number of sulfone groups is 1. The number of rotatable bonds is 6. The van der Waals surface area contributed by atoms with Crippen LogP contribution >= 0.6 is 0 Å². The minimum absolute atomic E-state index is 0.0984. The van der Waals surface area contributed by atoms with E-state index >= 15 is 0 Å². The summed E-state index contributed by atoms with van der Waals surface area (Å²) in [5.41, 5.74) is 2.36. The molecule has 0 spiro atoms. The quantitative estimate of drug-likeness (QED) is 0.874. The Labute approximate surface area is 128 Å². The molecule has 1 atom stereocenters. The van der Waals surface area contributed by atoms with Crippen LogP contribution in [-0.2, 0) is 16.4 Å². The lowest BCUT2D eigenvalue weighted by atomic mass is 10.1. The molecular formula is C16H26N2O2S. The Balaban J connectivity index is 2.08. The van der Waals surface area contributed by atoms with Crippen LogP contribution < -0.4 is 10.2 Å². The van der Waals surface area contributed by atoms with Crippen LogP contribution in [-0.4, -0.2) is 39.6 Å². The van der Waals surface area contributed by atoms with Gasteiger partial charge in [0.25, 0.3) is 0 Å². The molecule has 1 aromatic carbocycles. The van der Waals surface area contributed by atoms with E-state index in [-0.39, 0.29) is 11.8 Å². The van der Waals surface area contributed by atoms with Crippen molar-refractivity contribution >= 4 is 15.5 Å². The van der Waals surface area contributed by atoms with Crippen molar-refractivity contribution in [2.24, 2.45) is 5.92 Å². The first-order chi connectivity index (χ1) is 9.89. The summed E-state index contributed by atoms with van der Waals surface area (Å²) in [7, 11) is -0.840. The van der Waals surface area contributed by atoms with Gasteiger partial charge in [-0.2, -0.15) is 0 Å². The Hall–Kier alpha value is -1.07. The Bertz CT molecular complexity index is 569. The van der Waals surface area contributed by atoms with Gasteiger partial charge in [0.05, 0.1) is 11.5 Å². The number of nitrogens with one attached hydrogen (secondary N) is 1. The maximum atomic E-state index is 11.7. The van der Waals surface area contributed by atoms with Gasteiger partial charge in [-0.1, -0.05) is 32.0 Å². The molecule has 1 aromatic rings. The fourth-order valence-electron chi connectivity index (χ4n) is 2.78. The molecule has 1 N–H and O–H groups in total. The van der Waals surface area contributed by atoms with Crippen LogP contribution in [0.1, 0.15) is 25.8 Å². The zero-order valence-corrected chi connectivity index (χ0v) is 14.0. The van der Waals surface area contributed by atoms with Crippen molar-refractivity contribution in [3.8, 4) is 0 Å². The van der Waals surface area contributed by atoms with Crippen molar-refractivity contribution in [2.45, 2.75) is 32.9 Å². The number of hydrogen-bond acceptors (Lipinski definition) is 4. The molecule has 0 saturated carbocycles. The molecule has 2 rings (SSSR count). The molecule has 118 valence electrons. The number of nitrogens with zero attached hydrogens (tertiary/aromatic N) is 1. The molecule has 1 unspecified atom stereocenters. The topological polar surface area (TPSA) is 49.4 Å². The van der Waals surface area contributed by atoms with Crippen molar-refractivity contribution in [1.82, 2.24) is 5.32 Å². The van der Waals surface area contributed by atoms with Gasteiger partial charge in [-0.3, -0.25) is 0 Å². The molecule has 0 bridgehead atoms. The highest BCUT2D eigenvalue weighted by Crippen LogP contribution is 2.26. The predicted octanol–water partition coefficient (Wildman–Crippen LogP) is 2.06. The Kier molecular flexibility index (Phi) is 5.27. The van der Waals surface area contributed by atoms with Gasteiger partial charge in [-0.15, -0.1) is 0 Å². The van der Waals surface area contributed by atoms with Crippen LogP contribution in [0.4, 0.5) is 5.69 Å². The average molecular weight is 310 g/mol. The molecule has 5 heteroatoms. The van der Waals surface area contributed by atoms with E-state index in [4.69, 9.17) is 0 Å². The highest BCUT2D eigenvalue weighted by Gasteiger charge is 2.31. The van der Waals surface area contributed by atoms with Crippen molar-refractivity contribution in [3.63, 3.8) is 0 Å². The minimum atomic E-state index is -2.85. The molecule has 1 aliphatic heterocycles. The van der Waals surface area contributed by atoms with Gasteiger partial charge in [0, 0.05) is 25.3 Å². The maximum absolute atomic E-state index is 11.7. The minimum Gasteiger partial charge on any atom is -0.370 e. The SMILES string of the molecule is CC(C)CNCc1ccccc1N(C)C1CCS(=O)(=O)C1. The highest BCUT2D eigenvalue weighted by molar-refractivity contribution is 7.91. The van der Waals surface area contributed by atoms with Crippen LogP contribution in [0.15, 0.2) is 24.3 Å². The Morgan fingerprint density at radius 1 is 1.33 bits per heavy atom. The third-order valence-electron chi connectivity index (χ3n) is 4.00. The lowest BCUT2D eigenvalue weighted by molar-refractivity contribution is 0.551. The second-order valence-corrected chi connectivity index (χ2v) is 8.55. The summed E-state index contributed by atoms with van der Waals surface area (Å²) in [6, 6.07) is 8.34. The van der Waals surface area contributed by atoms with E-state index in [0.29, 0.717) is 11.7 Å². The summed E-state index contributed by atoms with van der Waals surface area (Å²) in [5, 5.41) is 3.46. The predicted molar refractivity (Wildman–Crippen MR) is 88.4 cm³/mol. The molecule has 1 heterocycles. The van der Waals surface area contributed by atoms with E-state index in [1.807, 2.05) is 19.2 Å². The highest BCUT2D eigenvalue weighted by atomic mass is 32.2. The van der Waals surface area contributed by atoms with Crippen LogP contribution in [0.2, 0.25) is 0 Å². The molecule has 4 nitrogen and oxygen atoms in total. The summed E-state index contributed by atoms with van der Waals surface area (Å²) in [4.78, 5) is 2.14. The average Bonchev–Trinajstić information content (AvgIpc) is 2.78. The van der Waals surface area contributed by atoms with Crippen molar-refractivity contribution < 1.29 is 8.42 Å². The Morgan fingerprint density at radius 2 is 2.05 bits per heavy atom. The second kappa shape index (κ2) is 6.79. The van der Waals surface area contributed by atoms with Crippen molar-refractivity contribution in [3.05, 3.63) is 29.8 Å². The number of para-hydroxylation sites is 1. The normalized spacial score (nSPS) is 20.9. The van der Waals surface area contributed by atoms with Crippen LogP contribution in [0.3, 0.4) is 0 Å². The Morgan fingerprint density at radius 3 is 2.67 bits per heavy atom. The second-order valence-electron chi connectivity index (χ2n) is 6.32. The summed E-state index contributed by atoms with van der Waals surface area (Å²) in [6.45, 7) is 6.18. The van der Waals surface area contributed by atoms with Crippen molar-refractivity contribution in [1.29, 1.82) is 0 Å². The van der Waals surface area contributed by atoms with Gasteiger partial charge < -0.3 is 10.2 Å². The van der Waals surface area contributed by atoms with Crippen molar-refractivity contribution in [2.75, 3.05) is 30.0 Å². The lowest BCUT2D eigenvalue weighted by Crippen LogP contribution is -2.33. The first-order valence-corrected chi connectivity index (χ1v) is 9.43. The third kappa shape index (κ3) is 4.45. The van der Waals surface area contributed by atoms with Gasteiger partial charge in [0.2, 0.25) is 0 Å². The summed E-state index contributed by atoms with van der Waals surface area (Å²) in [5.74, 6) is 1.21. The molecule has 1 aliphatic rings. The zero-order chi connectivity index (χ0) is 15.5. The first kappa shape index (κ1) is 16.3. The van der Waals surface area contributed by atoms with Gasteiger partial charge in [-0.05, 0) is 30.5 Å². The standard InChI is InChI=1S/C16H26N2O2S/c1-13(2)10-17-11-14-6-4-5-7-16(14)18(3)15-8-9-21(19,20)12-15/h4-7,13,15,17H,8-12H2,1-3H3. The largest absolute Gasteiger partial charge is 0.370 e. The molecule has 1 saturated heterocycles. The zero-order valence-electron chi connectivity index (χ0n) is 13.2. The summed E-state index contributed by atoms with van der Waals surface area (Å²) >= 11 is 0. The number of hydrogen-bond donors (Lipinski definition) is 1. The summed E-state index contributed by atoms with van der Waals surface area (Å²) < 4.78 is 23.3. The third-order valence-corrected chi connectivity index (χ3v) is 5.75. The molecule has 1 fully saturated rings. The molecule has 0 aromatic heterocycles. The van der Waals surface area contributed by atoms with E-state index < -0.39 is 9.84 Å². The van der Waals surface area contributed by atoms with E-state index in [1.165, 1.54) is 5.56 Å². The van der Waals surface area contributed by atoms with E-state index in [2.05, 4.69) is 36.2 Å². The van der Waals surface area contributed by atoms with E-state index in [9.17, 15) is 8.42 Å². The smallest absolute Gasteiger partial charge is 0.152 e. The monoisotopic (exact) mass is 310 g/mol. The maximum Gasteiger partial charge on any atom is 0.152 e. The van der Waals surface area contributed by atoms with Gasteiger partial charge >= 0.3 is 0 Å². The van der Waals surface area contributed by atoms with Gasteiger partial charge in [0.15, 0.2) is 9.84 Å². The molecule has 0 aliphatic carbocycles. The van der Waals surface area contributed by atoms with Crippen LogP contribution in [0, 0.1) is 5.92 Å². The lowest BCUT2D eigenvalue weighted by Gasteiger charge is -2.28.